The molecule has 0 aliphatic carbocycles. The highest BCUT2D eigenvalue weighted by Gasteiger charge is 2.16. The summed E-state index contributed by atoms with van der Waals surface area (Å²) < 4.78 is 13.8. The number of anilines is 1. The number of pyridine rings is 1. The van der Waals surface area contributed by atoms with Crippen molar-refractivity contribution in [3.63, 3.8) is 0 Å². The maximum atomic E-state index is 13.8. The second kappa shape index (κ2) is 5.73. The monoisotopic (exact) mass is 314 g/mol. The van der Waals surface area contributed by atoms with Gasteiger partial charge in [0, 0.05) is 11.1 Å². The smallest absolute Gasteiger partial charge is 0.260 e. The maximum Gasteiger partial charge on any atom is 0.260 e. The predicted octanol–water partition coefficient (Wildman–Crippen LogP) is 4.59. The fraction of sp³-hybridized carbons (Fsp3) is 0.0588. The first kappa shape index (κ1) is 14.5. The van der Waals surface area contributed by atoms with E-state index in [1.54, 1.807) is 12.1 Å². The number of aryl methyl sites for hydroxylation is 1. The first-order valence-electron chi connectivity index (χ1n) is 6.68. The molecule has 5 heteroatoms. The van der Waals surface area contributed by atoms with E-state index in [4.69, 9.17) is 11.6 Å². The van der Waals surface area contributed by atoms with Crippen LogP contribution < -0.4 is 5.32 Å². The van der Waals surface area contributed by atoms with Crippen LogP contribution in [0.3, 0.4) is 0 Å². The Labute approximate surface area is 131 Å². The molecule has 0 radical (unpaired) electrons. The van der Waals surface area contributed by atoms with Gasteiger partial charge in [-0.2, -0.15) is 0 Å². The van der Waals surface area contributed by atoms with Crippen LogP contribution in [-0.2, 0) is 0 Å². The van der Waals surface area contributed by atoms with Gasteiger partial charge in [-0.3, -0.25) is 9.78 Å². The third-order valence-corrected chi connectivity index (χ3v) is 3.62. The number of aromatic nitrogens is 1. The van der Waals surface area contributed by atoms with Gasteiger partial charge >= 0.3 is 0 Å². The fourth-order valence-corrected chi connectivity index (χ4v) is 2.51. The lowest BCUT2D eigenvalue weighted by molar-refractivity contribution is 0.102. The maximum absolute atomic E-state index is 13.8. The lowest BCUT2D eigenvalue weighted by Gasteiger charge is -2.10. The van der Waals surface area contributed by atoms with Crippen LogP contribution in [0.5, 0.6) is 0 Å². The summed E-state index contributed by atoms with van der Waals surface area (Å²) in [5.74, 6) is -1.24. The molecular weight excluding hydrogens is 303 g/mol. The number of carbonyl (C=O) groups excluding carboxylic acids is 1. The minimum Gasteiger partial charge on any atom is -0.321 e. The molecule has 0 fully saturated rings. The van der Waals surface area contributed by atoms with Gasteiger partial charge < -0.3 is 5.32 Å². The average molecular weight is 315 g/mol. The second-order valence-corrected chi connectivity index (χ2v) is 5.28. The van der Waals surface area contributed by atoms with Crippen molar-refractivity contribution in [3.05, 3.63) is 70.6 Å². The quantitative estimate of drug-likeness (QED) is 0.751. The minimum absolute atomic E-state index is 0.0757. The lowest BCUT2D eigenvalue weighted by Crippen LogP contribution is -2.14. The third kappa shape index (κ3) is 2.65. The summed E-state index contributed by atoms with van der Waals surface area (Å²) in [6.07, 6.45) is 0. The fourth-order valence-electron chi connectivity index (χ4n) is 2.27. The van der Waals surface area contributed by atoms with Crippen LogP contribution >= 0.6 is 11.6 Å². The van der Waals surface area contributed by atoms with Crippen LogP contribution in [0.4, 0.5) is 10.1 Å². The molecule has 0 atom stereocenters. The number of hydrogen-bond acceptors (Lipinski definition) is 2. The van der Waals surface area contributed by atoms with Crippen LogP contribution in [0.15, 0.2) is 48.5 Å². The van der Waals surface area contributed by atoms with Crippen LogP contribution in [0.25, 0.3) is 10.9 Å². The van der Waals surface area contributed by atoms with E-state index in [1.807, 2.05) is 25.1 Å². The van der Waals surface area contributed by atoms with E-state index in [1.165, 1.54) is 18.2 Å². The molecule has 3 aromatic rings. The Morgan fingerprint density at radius 2 is 1.91 bits per heavy atom. The van der Waals surface area contributed by atoms with Gasteiger partial charge in [0.05, 0.1) is 21.8 Å². The van der Waals surface area contributed by atoms with Gasteiger partial charge in [0.15, 0.2) is 0 Å². The number of amides is 1. The van der Waals surface area contributed by atoms with Gasteiger partial charge in [0.25, 0.3) is 5.91 Å². The van der Waals surface area contributed by atoms with Gasteiger partial charge in [-0.15, -0.1) is 0 Å². The van der Waals surface area contributed by atoms with E-state index >= 15 is 0 Å². The number of halogens is 2. The molecule has 0 bridgehead atoms. The Bertz CT molecular complexity index is 859. The predicted molar refractivity (Wildman–Crippen MR) is 85.8 cm³/mol. The molecule has 110 valence electrons. The number of nitrogens with zero attached hydrogens (tertiary/aromatic N) is 1. The van der Waals surface area contributed by atoms with Crippen molar-refractivity contribution in [2.45, 2.75) is 6.92 Å². The summed E-state index contributed by atoms with van der Waals surface area (Å²) in [5.41, 5.74) is 2.04. The Morgan fingerprint density at radius 3 is 2.68 bits per heavy atom. The van der Waals surface area contributed by atoms with Crippen molar-refractivity contribution < 1.29 is 9.18 Å². The molecule has 1 aromatic heterocycles. The van der Waals surface area contributed by atoms with E-state index < -0.39 is 11.7 Å². The number of nitrogens with one attached hydrogen (secondary N) is 1. The first-order valence-corrected chi connectivity index (χ1v) is 7.06. The molecule has 2 aromatic carbocycles. The molecule has 1 N–H and O–H groups in total. The Balaban J connectivity index is 2.02. The molecule has 3 rings (SSSR count). The topological polar surface area (TPSA) is 42.0 Å². The highest BCUT2D eigenvalue weighted by atomic mass is 35.5. The summed E-state index contributed by atoms with van der Waals surface area (Å²) in [6, 6.07) is 13.2. The van der Waals surface area contributed by atoms with Crippen molar-refractivity contribution >= 4 is 34.1 Å². The number of fused-ring (bicyclic) bond motifs is 1. The summed E-state index contributed by atoms with van der Waals surface area (Å²) in [6.45, 7) is 1.89. The zero-order chi connectivity index (χ0) is 15.7. The van der Waals surface area contributed by atoms with E-state index in [-0.39, 0.29) is 10.6 Å². The largest absolute Gasteiger partial charge is 0.321 e. The van der Waals surface area contributed by atoms with Crippen molar-refractivity contribution in [2.75, 3.05) is 5.32 Å². The van der Waals surface area contributed by atoms with Gasteiger partial charge in [0.2, 0.25) is 0 Å². The molecule has 1 heterocycles. The highest BCUT2D eigenvalue weighted by molar-refractivity contribution is 6.34. The second-order valence-electron chi connectivity index (χ2n) is 4.88. The zero-order valence-corrected chi connectivity index (χ0v) is 12.5. The number of carbonyl (C=O) groups is 1. The molecule has 3 nitrogen and oxygen atoms in total. The van der Waals surface area contributed by atoms with Crippen LogP contribution in [0.2, 0.25) is 5.02 Å². The standard InChI is InChI=1S/C17H12ClFN2O/c1-10-8-9-11-14(20-10)6-3-7-15(11)21-17(22)16-12(18)4-2-5-13(16)19/h2-9H,1H3,(H,21,22). The van der Waals surface area contributed by atoms with Crippen LogP contribution in [0, 0.1) is 12.7 Å². The summed E-state index contributed by atoms with van der Waals surface area (Å²) in [7, 11) is 0. The molecule has 0 aliphatic heterocycles. The van der Waals surface area contributed by atoms with Crippen LogP contribution in [-0.4, -0.2) is 10.9 Å². The average Bonchev–Trinajstić information content (AvgIpc) is 2.47. The normalized spacial score (nSPS) is 10.7. The molecule has 22 heavy (non-hydrogen) atoms. The molecule has 1 amide bonds. The van der Waals surface area contributed by atoms with Gasteiger partial charge in [-0.05, 0) is 43.3 Å². The van der Waals surface area contributed by atoms with E-state index in [9.17, 15) is 9.18 Å². The van der Waals surface area contributed by atoms with Crippen LogP contribution in [0.1, 0.15) is 16.1 Å². The van der Waals surface area contributed by atoms with Crippen molar-refractivity contribution in [2.24, 2.45) is 0 Å². The molecule has 0 spiro atoms. The summed E-state index contributed by atoms with van der Waals surface area (Å²) >= 11 is 5.92. The minimum atomic E-state index is -0.654. The number of rotatable bonds is 2. The SMILES string of the molecule is Cc1ccc2c(NC(=O)c3c(F)cccc3Cl)cccc2n1. The lowest BCUT2D eigenvalue weighted by atomic mass is 10.1. The summed E-state index contributed by atoms with van der Waals surface area (Å²) in [5, 5.41) is 3.56. The van der Waals surface area contributed by atoms with Crippen molar-refractivity contribution in [1.29, 1.82) is 0 Å². The highest BCUT2D eigenvalue weighted by Crippen LogP contribution is 2.25. The van der Waals surface area contributed by atoms with E-state index in [2.05, 4.69) is 10.3 Å². The van der Waals surface area contributed by atoms with E-state index in [0.29, 0.717) is 5.69 Å². The first-order chi connectivity index (χ1) is 10.6. The Kier molecular flexibility index (Phi) is 3.77. The Hall–Kier alpha value is -2.46. The van der Waals surface area contributed by atoms with Gasteiger partial charge in [0.1, 0.15) is 5.82 Å². The molecule has 0 aliphatic rings. The van der Waals surface area contributed by atoms with E-state index in [0.717, 1.165) is 16.6 Å². The Morgan fingerprint density at radius 1 is 1.14 bits per heavy atom. The molecular formula is C17H12ClFN2O. The molecule has 0 saturated heterocycles. The third-order valence-electron chi connectivity index (χ3n) is 3.31. The summed E-state index contributed by atoms with van der Waals surface area (Å²) in [4.78, 5) is 16.7. The van der Waals surface area contributed by atoms with Gasteiger partial charge in [-0.1, -0.05) is 23.7 Å². The molecule has 0 unspecified atom stereocenters. The number of hydrogen-bond donors (Lipinski definition) is 1. The number of benzene rings is 2. The molecule has 0 saturated carbocycles. The zero-order valence-electron chi connectivity index (χ0n) is 11.7. The van der Waals surface area contributed by atoms with Gasteiger partial charge in [-0.25, -0.2) is 4.39 Å². The van der Waals surface area contributed by atoms with Crippen molar-refractivity contribution in [1.82, 2.24) is 4.98 Å². The van der Waals surface area contributed by atoms with Crippen molar-refractivity contribution in [3.8, 4) is 0 Å².